The van der Waals surface area contributed by atoms with Crippen LogP contribution in [0.3, 0.4) is 0 Å². The summed E-state index contributed by atoms with van der Waals surface area (Å²) >= 11 is 6.33. The van der Waals surface area contributed by atoms with Crippen LogP contribution in [0, 0.1) is 11.8 Å². The third-order valence-electron chi connectivity index (χ3n) is 6.62. The van der Waals surface area contributed by atoms with E-state index in [1.807, 2.05) is 36.4 Å². The second kappa shape index (κ2) is 8.02. The number of likely N-dealkylation sites (tertiary alicyclic amines) is 1. The first-order chi connectivity index (χ1) is 15.4. The number of nitrogens with zero attached hydrogens (tertiary/aromatic N) is 2. The minimum Gasteiger partial charge on any atom is -0.490 e. The molecule has 0 spiro atoms. The van der Waals surface area contributed by atoms with Crippen LogP contribution in [0.4, 0.5) is 4.79 Å². The molecule has 2 aliphatic rings. The summed E-state index contributed by atoms with van der Waals surface area (Å²) in [6.45, 7) is 0.447. The summed E-state index contributed by atoms with van der Waals surface area (Å²) in [5.74, 6) is 0.866. The summed E-state index contributed by atoms with van der Waals surface area (Å²) in [6.07, 6.45) is 0.853. The van der Waals surface area contributed by atoms with Gasteiger partial charge in [-0.05, 0) is 36.8 Å². The van der Waals surface area contributed by atoms with Crippen LogP contribution in [0.1, 0.15) is 29.1 Å². The Hall–Kier alpha value is -3.26. The lowest BCUT2D eigenvalue weighted by atomic mass is 9.91. The van der Waals surface area contributed by atoms with E-state index >= 15 is 0 Å². The molecule has 4 atom stereocenters. The van der Waals surface area contributed by atoms with E-state index in [0.717, 1.165) is 29.4 Å². The molecule has 8 nitrogen and oxygen atoms in total. The van der Waals surface area contributed by atoms with Crippen molar-refractivity contribution in [2.75, 3.05) is 6.54 Å². The van der Waals surface area contributed by atoms with Crippen molar-refractivity contribution in [3.63, 3.8) is 0 Å². The molecule has 0 bridgehead atoms. The Labute approximate surface area is 188 Å². The first kappa shape index (κ1) is 20.6. The van der Waals surface area contributed by atoms with Crippen LogP contribution in [-0.2, 0) is 6.42 Å². The molecule has 166 valence electrons. The third kappa shape index (κ3) is 3.64. The maximum Gasteiger partial charge on any atom is 0.407 e. The summed E-state index contributed by atoms with van der Waals surface area (Å²) in [7, 11) is 0. The van der Waals surface area contributed by atoms with Crippen LogP contribution in [0.2, 0.25) is 5.02 Å². The normalized spacial score (nSPS) is 24.6. The summed E-state index contributed by atoms with van der Waals surface area (Å²) in [6, 6.07) is 12.8. The number of benzene rings is 2. The molecule has 0 radical (unpaired) electrons. The Bertz CT molecular complexity index is 1200. The highest BCUT2D eigenvalue weighted by atomic mass is 35.5. The van der Waals surface area contributed by atoms with Gasteiger partial charge >= 0.3 is 6.09 Å². The van der Waals surface area contributed by atoms with Crippen molar-refractivity contribution < 1.29 is 24.0 Å². The Kier molecular flexibility index (Phi) is 5.17. The third-order valence-corrected chi connectivity index (χ3v) is 6.95. The molecule has 2 fully saturated rings. The van der Waals surface area contributed by atoms with Crippen LogP contribution in [-0.4, -0.2) is 45.9 Å². The summed E-state index contributed by atoms with van der Waals surface area (Å²) in [5.41, 5.74) is 5.29. The molecule has 2 heterocycles. The lowest BCUT2D eigenvalue weighted by molar-refractivity contribution is 0.0991. The molecule has 2 amide bonds. The SMILES string of the molecule is NC(=O)c1cc(CC2[C@H]3C[C@@H](Oc4ccc(Cl)c5ccccc45)C[C@H]3CN2C(=O)O)on1. The van der Waals surface area contributed by atoms with Crippen molar-refractivity contribution in [1.82, 2.24) is 10.1 Å². The number of carbonyl (C=O) groups is 2. The maximum absolute atomic E-state index is 11.9. The van der Waals surface area contributed by atoms with Crippen LogP contribution in [0.15, 0.2) is 47.0 Å². The van der Waals surface area contributed by atoms with Crippen molar-refractivity contribution in [3.8, 4) is 5.75 Å². The Morgan fingerprint density at radius 3 is 2.72 bits per heavy atom. The van der Waals surface area contributed by atoms with Gasteiger partial charge in [-0.2, -0.15) is 0 Å². The topological polar surface area (TPSA) is 119 Å². The van der Waals surface area contributed by atoms with Crippen LogP contribution >= 0.6 is 11.6 Å². The summed E-state index contributed by atoms with van der Waals surface area (Å²) in [5, 5.41) is 16.0. The second-order valence-electron chi connectivity index (χ2n) is 8.48. The van der Waals surface area contributed by atoms with E-state index in [9.17, 15) is 14.7 Å². The lowest BCUT2D eigenvalue weighted by Gasteiger charge is -2.26. The van der Waals surface area contributed by atoms with Gasteiger partial charge in [0.25, 0.3) is 5.91 Å². The number of carbonyl (C=O) groups excluding carboxylic acids is 1. The van der Waals surface area contributed by atoms with Crippen molar-refractivity contribution in [1.29, 1.82) is 0 Å². The number of hydrogen-bond donors (Lipinski definition) is 2. The maximum atomic E-state index is 11.9. The molecule has 1 aliphatic carbocycles. The monoisotopic (exact) mass is 455 g/mol. The average molecular weight is 456 g/mol. The number of primary amides is 1. The van der Waals surface area contributed by atoms with Gasteiger partial charge in [0.15, 0.2) is 5.69 Å². The van der Waals surface area contributed by atoms with Crippen LogP contribution < -0.4 is 10.5 Å². The van der Waals surface area contributed by atoms with E-state index in [1.165, 1.54) is 11.0 Å². The number of nitrogens with two attached hydrogens (primary N) is 1. The van der Waals surface area contributed by atoms with Crippen molar-refractivity contribution in [3.05, 3.63) is 58.9 Å². The summed E-state index contributed by atoms with van der Waals surface area (Å²) < 4.78 is 11.6. The van der Waals surface area contributed by atoms with Gasteiger partial charge in [0, 0.05) is 40.9 Å². The molecule has 1 aliphatic heterocycles. The molecule has 32 heavy (non-hydrogen) atoms. The molecular formula is C23H22ClN3O5. The number of carboxylic acid groups (broad SMARTS) is 1. The van der Waals surface area contributed by atoms with Gasteiger partial charge in [0.2, 0.25) is 0 Å². The largest absolute Gasteiger partial charge is 0.490 e. The molecule has 3 N–H and O–H groups in total. The Morgan fingerprint density at radius 2 is 2.00 bits per heavy atom. The van der Waals surface area contributed by atoms with Crippen molar-refractivity contribution in [2.45, 2.75) is 31.4 Å². The molecule has 1 saturated heterocycles. The van der Waals surface area contributed by atoms with E-state index in [4.69, 9.17) is 26.6 Å². The molecule has 3 aromatic rings. The number of amides is 2. The quantitative estimate of drug-likeness (QED) is 0.601. The lowest BCUT2D eigenvalue weighted by Crippen LogP contribution is -2.39. The first-order valence-electron chi connectivity index (χ1n) is 10.5. The first-order valence-corrected chi connectivity index (χ1v) is 10.9. The molecule has 1 saturated carbocycles. The van der Waals surface area contributed by atoms with Gasteiger partial charge in [-0.15, -0.1) is 0 Å². The fraction of sp³-hybridized carbons (Fsp3) is 0.348. The number of fused-ring (bicyclic) bond motifs is 2. The fourth-order valence-corrected chi connectivity index (χ4v) is 5.46. The molecular weight excluding hydrogens is 434 g/mol. The predicted molar refractivity (Wildman–Crippen MR) is 117 cm³/mol. The number of aromatic nitrogens is 1. The van der Waals surface area contributed by atoms with Gasteiger partial charge in [-0.1, -0.05) is 41.0 Å². The minimum atomic E-state index is -0.958. The summed E-state index contributed by atoms with van der Waals surface area (Å²) in [4.78, 5) is 24.6. The zero-order valence-corrected chi connectivity index (χ0v) is 17.9. The number of halogens is 1. The van der Waals surface area contributed by atoms with Crippen LogP contribution in [0.5, 0.6) is 5.75 Å². The zero-order chi connectivity index (χ0) is 22.4. The standard InChI is InChI=1S/C23H22ClN3O5/c24-18-5-6-21(16-4-2-1-3-15(16)18)31-13-7-12-11-27(23(29)30)20(17(12)8-13)10-14-9-19(22(25)28)26-32-14/h1-6,9,12-13,17,20H,7-8,10-11H2,(H2,25,28)(H,29,30)/t12-,13-,17-,20?/m0/s1. The predicted octanol–water partition coefficient (Wildman–Crippen LogP) is 3.96. The number of hydrogen-bond acceptors (Lipinski definition) is 5. The molecule has 5 rings (SSSR count). The van der Waals surface area contributed by atoms with Gasteiger partial charge in [0.1, 0.15) is 11.5 Å². The van der Waals surface area contributed by atoms with E-state index < -0.39 is 12.0 Å². The fourth-order valence-electron chi connectivity index (χ4n) is 5.23. The van der Waals surface area contributed by atoms with E-state index in [1.54, 1.807) is 0 Å². The number of ether oxygens (including phenoxy) is 1. The highest BCUT2D eigenvalue weighted by Gasteiger charge is 2.50. The van der Waals surface area contributed by atoms with E-state index in [2.05, 4.69) is 5.16 Å². The van der Waals surface area contributed by atoms with Gasteiger partial charge in [-0.25, -0.2) is 4.79 Å². The molecule has 9 heteroatoms. The van der Waals surface area contributed by atoms with Crippen molar-refractivity contribution >= 4 is 34.4 Å². The smallest absolute Gasteiger partial charge is 0.407 e. The van der Waals surface area contributed by atoms with Gasteiger partial charge in [0.05, 0.1) is 6.10 Å². The Balaban J connectivity index is 1.35. The van der Waals surface area contributed by atoms with E-state index in [0.29, 0.717) is 23.7 Å². The van der Waals surface area contributed by atoms with E-state index in [-0.39, 0.29) is 29.7 Å². The number of rotatable bonds is 5. The van der Waals surface area contributed by atoms with Gasteiger partial charge in [-0.3, -0.25) is 4.79 Å². The van der Waals surface area contributed by atoms with Crippen LogP contribution in [0.25, 0.3) is 10.8 Å². The minimum absolute atomic E-state index is 0.0241. The van der Waals surface area contributed by atoms with Gasteiger partial charge < -0.3 is 25.0 Å². The zero-order valence-electron chi connectivity index (χ0n) is 17.1. The van der Waals surface area contributed by atoms with Crippen molar-refractivity contribution in [2.24, 2.45) is 17.6 Å². The molecule has 1 aromatic heterocycles. The highest BCUT2D eigenvalue weighted by molar-refractivity contribution is 6.35. The second-order valence-corrected chi connectivity index (χ2v) is 8.88. The highest BCUT2D eigenvalue weighted by Crippen LogP contribution is 2.45. The molecule has 2 aromatic carbocycles. The average Bonchev–Trinajstić information content (AvgIpc) is 3.46. The Morgan fingerprint density at radius 1 is 1.22 bits per heavy atom. The molecule has 1 unspecified atom stereocenters.